The highest BCUT2D eigenvalue weighted by molar-refractivity contribution is 7.89. The van der Waals surface area contributed by atoms with Gasteiger partial charge in [0.25, 0.3) is 0 Å². The molecule has 0 aliphatic heterocycles. The van der Waals surface area contributed by atoms with Gasteiger partial charge in [0.2, 0.25) is 10.0 Å². The van der Waals surface area contributed by atoms with Gasteiger partial charge in [-0.15, -0.1) is 0 Å². The van der Waals surface area contributed by atoms with Crippen LogP contribution in [-0.4, -0.2) is 24.6 Å². The second kappa shape index (κ2) is 4.92. The summed E-state index contributed by atoms with van der Waals surface area (Å²) in [4.78, 5) is 0.280. The first-order valence-electron chi connectivity index (χ1n) is 6.91. The highest BCUT2D eigenvalue weighted by Crippen LogP contribution is 2.37. The third-order valence-corrected chi connectivity index (χ3v) is 5.50. The number of nitrogens with zero attached hydrogens (tertiary/aromatic N) is 1. The van der Waals surface area contributed by atoms with Gasteiger partial charge in [-0.3, -0.25) is 0 Å². The summed E-state index contributed by atoms with van der Waals surface area (Å²) in [7, 11) is -3.43. The molecule has 0 unspecified atom stereocenters. The average Bonchev–Trinajstić information content (AvgIpc) is 3.05. The Hall–Kier alpha value is -0.850. The van der Waals surface area contributed by atoms with Crippen LogP contribution in [-0.2, 0) is 16.6 Å². The van der Waals surface area contributed by atoms with Crippen molar-refractivity contribution >= 4 is 10.0 Å². The molecule has 0 aromatic carbocycles. The molecule has 2 N–H and O–H groups in total. The highest BCUT2D eigenvalue weighted by Gasteiger charge is 2.28. The molecule has 0 radical (unpaired) electrons. The van der Waals surface area contributed by atoms with Crippen LogP contribution in [0.1, 0.15) is 43.8 Å². The van der Waals surface area contributed by atoms with Crippen LogP contribution in [0.25, 0.3) is 0 Å². The van der Waals surface area contributed by atoms with Crippen LogP contribution in [0.15, 0.2) is 17.2 Å². The number of hydrogen-bond donors (Lipinski definition) is 2. The predicted molar refractivity (Wildman–Crippen MR) is 71.2 cm³/mol. The van der Waals surface area contributed by atoms with Crippen LogP contribution in [0.5, 0.6) is 0 Å². The first kappa shape index (κ1) is 13.1. The van der Waals surface area contributed by atoms with Crippen molar-refractivity contribution in [1.29, 1.82) is 0 Å². The normalized spacial score (nSPS) is 20.5. The predicted octanol–water partition coefficient (Wildman–Crippen LogP) is 1.39. The summed E-state index contributed by atoms with van der Waals surface area (Å²) in [6.45, 7) is 0.417. The molecule has 0 spiro atoms. The zero-order valence-corrected chi connectivity index (χ0v) is 11.7. The smallest absolute Gasteiger partial charge is 0.242 e. The van der Waals surface area contributed by atoms with Crippen molar-refractivity contribution in [2.45, 2.75) is 49.6 Å². The number of aliphatic hydroxyl groups excluding tert-OH is 1. The molecule has 2 saturated carbocycles. The van der Waals surface area contributed by atoms with Crippen LogP contribution >= 0.6 is 0 Å². The van der Waals surface area contributed by atoms with Gasteiger partial charge in [0.15, 0.2) is 0 Å². The molecule has 0 atom stereocenters. The van der Waals surface area contributed by atoms with Gasteiger partial charge in [-0.1, -0.05) is 6.42 Å². The molecule has 1 aromatic heterocycles. The number of aliphatic hydroxyl groups is 1. The van der Waals surface area contributed by atoms with E-state index < -0.39 is 10.0 Å². The summed E-state index contributed by atoms with van der Waals surface area (Å²) in [5.74, 6) is 0.498. The summed E-state index contributed by atoms with van der Waals surface area (Å²) < 4.78 is 29.0. The van der Waals surface area contributed by atoms with Gasteiger partial charge in [0, 0.05) is 24.5 Å². The molecular weight excluding hydrogens is 264 g/mol. The summed E-state index contributed by atoms with van der Waals surface area (Å²) in [6, 6.07) is 1.96. The maximum absolute atomic E-state index is 12.2. The van der Waals surface area contributed by atoms with E-state index in [1.54, 1.807) is 12.3 Å². The van der Waals surface area contributed by atoms with E-state index in [1.165, 1.54) is 6.42 Å². The molecule has 2 aliphatic carbocycles. The van der Waals surface area contributed by atoms with E-state index in [0.717, 1.165) is 25.7 Å². The molecule has 0 saturated heterocycles. The van der Waals surface area contributed by atoms with Gasteiger partial charge in [-0.05, 0) is 37.7 Å². The van der Waals surface area contributed by atoms with Crippen molar-refractivity contribution in [3.63, 3.8) is 0 Å². The van der Waals surface area contributed by atoms with Crippen LogP contribution in [0.4, 0.5) is 0 Å². The van der Waals surface area contributed by atoms with Crippen molar-refractivity contribution in [2.75, 3.05) is 6.54 Å². The molecule has 0 amide bonds. The van der Waals surface area contributed by atoms with Crippen LogP contribution < -0.4 is 4.72 Å². The van der Waals surface area contributed by atoms with Gasteiger partial charge >= 0.3 is 0 Å². The Kier molecular flexibility index (Phi) is 3.41. The van der Waals surface area contributed by atoms with Crippen molar-refractivity contribution in [3.8, 4) is 0 Å². The van der Waals surface area contributed by atoms with Crippen molar-refractivity contribution in [1.82, 2.24) is 9.29 Å². The fourth-order valence-corrected chi connectivity index (χ4v) is 3.64. The lowest BCUT2D eigenvalue weighted by Gasteiger charge is -2.25. The minimum atomic E-state index is -3.43. The highest BCUT2D eigenvalue weighted by atomic mass is 32.2. The van der Waals surface area contributed by atoms with E-state index in [9.17, 15) is 13.5 Å². The number of aromatic nitrogens is 1. The lowest BCUT2D eigenvalue weighted by molar-refractivity contribution is 0.270. The number of sulfonamides is 1. The zero-order chi connectivity index (χ0) is 13.5. The van der Waals surface area contributed by atoms with Crippen LogP contribution in [0, 0.1) is 5.92 Å². The molecule has 19 heavy (non-hydrogen) atoms. The third-order valence-electron chi connectivity index (χ3n) is 4.11. The Bertz CT molecular complexity index is 556. The van der Waals surface area contributed by atoms with E-state index in [4.69, 9.17) is 0 Å². The Morgan fingerprint density at radius 1 is 1.32 bits per heavy atom. The van der Waals surface area contributed by atoms with Crippen molar-refractivity contribution in [3.05, 3.63) is 18.0 Å². The van der Waals surface area contributed by atoms with E-state index >= 15 is 0 Å². The Morgan fingerprint density at radius 3 is 2.58 bits per heavy atom. The second-order valence-electron chi connectivity index (χ2n) is 5.61. The number of rotatable bonds is 6. The van der Waals surface area contributed by atoms with Gasteiger partial charge in [-0.25, -0.2) is 13.1 Å². The fraction of sp³-hybridized carbons (Fsp3) is 0.692. The largest absolute Gasteiger partial charge is 0.390 e. The molecule has 5 nitrogen and oxygen atoms in total. The molecule has 3 rings (SSSR count). The topological polar surface area (TPSA) is 71.3 Å². The fourth-order valence-electron chi connectivity index (χ4n) is 2.47. The first-order valence-corrected chi connectivity index (χ1v) is 8.40. The first-order chi connectivity index (χ1) is 9.10. The molecule has 0 bridgehead atoms. The minimum absolute atomic E-state index is 0.116. The molecule has 106 valence electrons. The maximum atomic E-state index is 12.2. The second-order valence-corrected chi connectivity index (χ2v) is 7.38. The molecule has 1 aromatic rings. The molecule has 1 heterocycles. The van der Waals surface area contributed by atoms with E-state index in [2.05, 4.69) is 4.72 Å². The Labute approximate surface area is 113 Å². The molecular formula is C13H20N2O3S. The van der Waals surface area contributed by atoms with E-state index in [-0.39, 0.29) is 11.5 Å². The van der Waals surface area contributed by atoms with Crippen molar-refractivity contribution < 1.29 is 13.5 Å². The third kappa shape index (κ3) is 2.70. The summed E-state index contributed by atoms with van der Waals surface area (Å²) in [5.41, 5.74) is 0.687. The standard InChI is InChI=1S/C13H20N2O3S/c16-9-12-6-13(8-15(12)11-4-5-11)19(17,18)14-7-10-2-1-3-10/h6,8,10-11,14,16H,1-5,7,9H2. The van der Waals surface area contributed by atoms with Gasteiger partial charge in [0.1, 0.15) is 0 Å². The summed E-state index contributed by atoms with van der Waals surface area (Å²) in [5, 5.41) is 9.30. The molecule has 6 heteroatoms. The lowest BCUT2D eigenvalue weighted by Crippen LogP contribution is -2.32. The van der Waals surface area contributed by atoms with Gasteiger partial charge < -0.3 is 9.67 Å². The number of nitrogens with one attached hydrogen (secondary N) is 1. The SMILES string of the molecule is O=S(=O)(NCC1CCC1)c1cc(CO)n(C2CC2)c1. The van der Waals surface area contributed by atoms with E-state index in [0.29, 0.717) is 24.2 Å². The Morgan fingerprint density at radius 2 is 2.05 bits per heavy atom. The lowest BCUT2D eigenvalue weighted by atomic mass is 9.86. The zero-order valence-electron chi connectivity index (χ0n) is 10.9. The van der Waals surface area contributed by atoms with Gasteiger partial charge in [0.05, 0.1) is 11.5 Å². The van der Waals surface area contributed by atoms with Gasteiger partial charge in [-0.2, -0.15) is 0 Å². The maximum Gasteiger partial charge on any atom is 0.242 e. The Balaban J connectivity index is 1.75. The minimum Gasteiger partial charge on any atom is -0.390 e. The molecule has 2 aliphatic rings. The summed E-state index contributed by atoms with van der Waals surface area (Å²) in [6.07, 6.45) is 7.24. The van der Waals surface area contributed by atoms with E-state index in [1.807, 2.05) is 4.57 Å². The molecule has 2 fully saturated rings. The monoisotopic (exact) mass is 284 g/mol. The van der Waals surface area contributed by atoms with Crippen LogP contribution in [0.3, 0.4) is 0 Å². The summed E-state index contributed by atoms with van der Waals surface area (Å²) >= 11 is 0. The average molecular weight is 284 g/mol. The van der Waals surface area contributed by atoms with Crippen molar-refractivity contribution in [2.24, 2.45) is 5.92 Å². The quantitative estimate of drug-likeness (QED) is 0.829. The number of hydrogen-bond acceptors (Lipinski definition) is 3. The van der Waals surface area contributed by atoms with Crippen LogP contribution in [0.2, 0.25) is 0 Å².